The molecule has 0 radical (unpaired) electrons. The molecule has 0 amide bonds. The number of benzene rings is 2. The molecular formula is C19H15FN4O5. The van der Waals surface area contributed by atoms with Gasteiger partial charge in [0.25, 0.3) is 0 Å². The Bertz CT molecular complexity index is 1130. The lowest BCUT2D eigenvalue weighted by atomic mass is 10.1. The minimum absolute atomic E-state index is 0.0103. The van der Waals surface area contributed by atoms with Gasteiger partial charge < -0.3 is 23.3 Å². The van der Waals surface area contributed by atoms with Crippen LogP contribution in [0.15, 0.2) is 45.4 Å². The second-order valence-corrected chi connectivity index (χ2v) is 5.74. The van der Waals surface area contributed by atoms with Crippen LogP contribution >= 0.6 is 0 Å². The first kappa shape index (κ1) is 18.4. The van der Waals surface area contributed by atoms with Crippen molar-refractivity contribution in [1.29, 1.82) is 0 Å². The van der Waals surface area contributed by atoms with Gasteiger partial charge in [-0.15, -0.1) is 0 Å². The highest BCUT2D eigenvalue weighted by Gasteiger charge is 2.21. The average molecular weight is 398 g/mol. The van der Waals surface area contributed by atoms with Crippen LogP contribution in [-0.2, 0) is 0 Å². The number of hydrogen-bond acceptors (Lipinski definition) is 9. The summed E-state index contributed by atoms with van der Waals surface area (Å²) >= 11 is 0. The van der Waals surface area contributed by atoms with Gasteiger partial charge in [-0.25, -0.2) is 4.39 Å². The third kappa shape index (κ3) is 3.35. The average Bonchev–Trinajstić information content (AvgIpc) is 3.42. The van der Waals surface area contributed by atoms with Gasteiger partial charge in [0.2, 0.25) is 17.4 Å². The normalized spacial score (nSPS) is 10.8. The van der Waals surface area contributed by atoms with E-state index in [1.54, 1.807) is 30.3 Å². The minimum atomic E-state index is -0.469. The van der Waals surface area contributed by atoms with Crippen molar-refractivity contribution in [3.63, 3.8) is 0 Å². The molecule has 2 aromatic heterocycles. The highest BCUT2D eigenvalue weighted by Crippen LogP contribution is 2.40. The fraction of sp³-hybridized carbons (Fsp3) is 0.158. The molecule has 2 heterocycles. The van der Waals surface area contributed by atoms with Crippen LogP contribution in [0, 0.1) is 5.82 Å². The van der Waals surface area contributed by atoms with Crippen molar-refractivity contribution in [3.8, 4) is 51.8 Å². The van der Waals surface area contributed by atoms with Crippen molar-refractivity contribution in [3.05, 3.63) is 42.2 Å². The van der Waals surface area contributed by atoms with Gasteiger partial charge in [0.1, 0.15) is 5.82 Å². The largest absolute Gasteiger partial charge is 0.493 e. The summed E-state index contributed by atoms with van der Waals surface area (Å²) in [5.41, 5.74) is 0.759. The Labute approximate surface area is 164 Å². The number of methoxy groups -OCH3 is 3. The highest BCUT2D eigenvalue weighted by atomic mass is 19.1. The molecule has 10 heteroatoms. The van der Waals surface area contributed by atoms with E-state index in [-0.39, 0.29) is 29.0 Å². The van der Waals surface area contributed by atoms with Gasteiger partial charge in [-0.3, -0.25) is 0 Å². The van der Waals surface area contributed by atoms with Gasteiger partial charge in [0.15, 0.2) is 11.5 Å². The molecule has 0 bridgehead atoms. The van der Waals surface area contributed by atoms with Crippen LogP contribution in [-0.4, -0.2) is 41.6 Å². The molecular weight excluding hydrogens is 383 g/mol. The van der Waals surface area contributed by atoms with E-state index in [0.29, 0.717) is 22.8 Å². The van der Waals surface area contributed by atoms with Crippen LogP contribution in [0.5, 0.6) is 17.2 Å². The molecule has 148 valence electrons. The lowest BCUT2D eigenvalue weighted by Crippen LogP contribution is -1.96. The van der Waals surface area contributed by atoms with Gasteiger partial charge in [-0.1, -0.05) is 22.4 Å². The number of hydrogen-bond donors (Lipinski definition) is 0. The Morgan fingerprint density at radius 1 is 0.793 bits per heavy atom. The van der Waals surface area contributed by atoms with Gasteiger partial charge in [-0.2, -0.15) is 9.97 Å². The monoisotopic (exact) mass is 398 g/mol. The van der Waals surface area contributed by atoms with E-state index in [1.807, 2.05) is 0 Å². The SMILES string of the molecule is COc1cc(-c2noc(-c3nc(-c4ccccc4F)no3)n2)cc(OC)c1OC. The second-order valence-electron chi connectivity index (χ2n) is 5.74. The predicted octanol–water partition coefficient (Wildman–Crippen LogP) is 3.62. The standard InChI is InChI=1S/C19H15FN4O5/c1-25-13-8-10(9-14(26-2)15(13)27-3)16-21-18(28-23-16)19-22-17(24-29-19)11-6-4-5-7-12(11)20/h4-9H,1-3H3. The summed E-state index contributed by atoms with van der Waals surface area (Å²) in [6.45, 7) is 0. The Morgan fingerprint density at radius 3 is 1.97 bits per heavy atom. The van der Waals surface area contributed by atoms with E-state index in [1.165, 1.54) is 27.4 Å². The maximum absolute atomic E-state index is 13.9. The minimum Gasteiger partial charge on any atom is -0.493 e. The van der Waals surface area contributed by atoms with Gasteiger partial charge in [-0.05, 0) is 24.3 Å². The molecule has 4 aromatic rings. The van der Waals surface area contributed by atoms with Crippen molar-refractivity contribution in [2.75, 3.05) is 21.3 Å². The molecule has 0 saturated heterocycles. The summed E-state index contributed by atoms with van der Waals surface area (Å²) in [5, 5.41) is 7.70. The molecule has 0 aliphatic carbocycles. The molecule has 9 nitrogen and oxygen atoms in total. The van der Waals surface area contributed by atoms with Crippen LogP contribution in [0.4, 0.5) is 4.39 Å². The summed E-state index contributed by atoms with van der Waals surface area (Å²) in [6.07, 6.45) is 0. The van der Waals surface area contributed by atoms with E-state index in [9.17, 15) is 4.39 Å². The Kier molecular flexibility index (Phi) is 4.82. The van der Waals surface area contributed by atoms with Crippen LogP contribution in [0.1, 0.15) is 0 Å². The number of nitrogens with zero attached hydrogens (tertiary/aromatic N) is 4. The molecule has 0 aliphatic rings. The van der Waals surface area contributed by atoms with Crippen molar-refractivity contribution in [2.24, 2.45) is 0 Å². The molecule has 0 spiro atoms. The molecule has 0 unspecified atom stereocenters. The number of ether oxygens (including phenoxy) is 3. The maximum Gasteiger partial charge on any atom is 0.316 e. The van der Waals surface area contributed by atoms with E-state index in [2.05, 4.69) is 20.3 Å². The van der Waals surface area contributed by atoms with E-state index in [0.717, 1.165) is 0 Å². The smallest absolute Gasteiger partial charge is 0.316 e. The first-order chi connectivity index (χ1) is 14.1. The Balaban J connectivity index is 1.69. The van der Waals surface area contributed by atoms with Crippen molar-refractivity contribution < 1.29 is 27.6 Å². The summed E-state index contributed by atoms with van der Waals surface area (Å²) < 4.78 is 40.2. The molecule has 0 N–H and O–H groups in total. The van der Waals surface area contributed by atoms with Crippen LogP contribution in [0.2, 0.25) is 0 Å². The zero-order valence-corrected chi connectivity index (χ0v) is 15.7. The van der Waals surface area contributed by atoms with Gasteiger partial charge >= 0.3 is 11.8 Å². The number of rotatable bonds is 6. The third-order valence-electron chi connectivity index (χ3n) is 4.07. The van der Waals surface area contributed by atoms with Crippen LogP contribution in [0.25, 0.3) is 34.6 Å². The maximum atomic E-state index is 13.9. The Morgan fingerprint density at radius 2 is 1.38 bits per heavy atom. The molecule has 0 saturated carbocycles. The first-order valence-electron chi connectivity index (χ1n) is 8.37. The molecule has 0 fully saturated rings. The van der Waals surface area contributed by atoms with Crippen molar-refractivity contribution >= 4 is 0 Å². The molecule has 2 aromatic carbocycles. The first-order valence-corrected chi connectivity index (χ1v) is 8.37. The van der Waals surface area contributed by atoms with Gasteiger partial charge in [0, 0.05) is 5.56 Å². The zero-order chi connectivity index (χ0) is 20.4. The zero-order valence-electron chi connectivity index (χ0n) is 15.7. The number of halogens is 1. The molecule has 0 aliphatic heterocycles. The van der Waals surface area contributed by atoms with E-state index in [4.69, 9.17) is 23.3 Å². The second kappa shape index (κ2) is 7.58. The van der Waals surface area contributed by atoms with Crippen molar-refractivity contribution in [1.82, 2.24) is 20.3 Å². The summed E-state index contributed by atoms with van der Waals surface area (Å²) in [6, 6.07) is 9.44. The quantitative estimate of drug-likeness (QED) is 0.481. The fourth-order valence-electron chi connectivity index (χ4n) is 2.70. The summed E-state index contributed by atoms with van der Waals surface area (Å²) in [5.74, 6) is 1.12. The highest BCUT2D eigenvalue weighted by molar-refractivity contribution is 5.67. The van der Waals surface area contributed by atoms with Gasteiger partial charge in [0.05, 0.1) is 26.9 Å². The predicted molar refractivity (Wildman–Crippen MR) is 98.1 cm³/mol. The molecule has 0 atom stereocenters. The van der Waals surface area contributed by atoms with Crippen LogP contribution in [0.3, 0.4) is 0 Å². The summed E-state index contributed by atoms with van der Waals surface area (Å²) in [4.78, 5) is 8.40. The lowest BCUT2D eigenvalue weighted by Gasteiger charge is -2.12. The topological polar surface area (TPSA) is 106 Å². The third-order valence-corrected chi connectivity index (χ3v) is 4.07. The Hall–Kier alpha value is -3.95. The van der Waals surface area contributed by atoms with Crippen LogP contribution < -0.4 is 14.2 Å². The van der Waals surface area contributed by atoms with E-state index >= 15 is 0 Å². The lowest BCUT2D eigenvalue weighted by molar-refractivity contribution is 0.324. The van der Waals surface area contributed by atoms with Crippen molar-refractivity contribution in [2.45, 2.75) is 0 Å². The fourth-order valence-corrected chi connectivity index (χ4v) is 2.70. The summed E-state index contributed by atoms with van der Waals surface area (Å²) in [7, 11) is 4.52. The molecule has 29 heavy (non-hydrogen) atoms. The number of aromatic nitrogens is 4. The molecule has 4 rings (SSSR count). The van der Waals surface area contributed by atoms with E-state index < -0.39 is 5.82 Å².